The van der Waals surface area contributed by atoms with E-state index < -0.39 is 59.2 Å². The number of amides is 2. The molecule has 1 aliphatic carbocycles. The number of esters is 2. The number of aryl methyl sites for hydroxylation is 1. The number of hydrogen-bond donors (Lipinski definition) is 2. The Morgan fingerprint density at radius 1 is 1.05 bits per heavy atom. The van der Waals surface area contributed by atoms with E-state index in [9.17, 15) is 28.6 Å². The number of hydrogen-bond acceptors (Lipinski definition) is 8. The summed E-state index contributed by atoms with van der Waals surface area (Å²) in [6, 6.07) is 6.14. The third-order valence-corrected chi connectivity index (χ3v) is 10.3. The first-order chi connectivity index (χ1) is 19.8. The van der Waals surface area contributed by atoms with Crippen LogP contribution in [-0.4, -0.2) is 58.8 Å². The minimum atomic E-state index is -4.74. The fraction of sp³-hybridized carbons (Fsp3) is 0.677. The number of nitrogens with zero attached hydrogens (tertiary/aromatic N) is 1. The highest BCUT2D eigenvalue weighted by molar-refractivity contribution is 7.54. The predicted molar refractivity (Wildman–Crippen MR) is 161 cm³/mol. The first-order valence-corrected chi connectivity index (χ1v) is 16.5. The molecule has 0 spiro atoms. The van der Waals surface area contributed by atoms with E-state index in [-0.39, 0.29) is 32.4 Å². The lowest BCUT2D eigenvalue weighted by molar-refractivity contribution is -0.176. The van der Waals surface area contributed by atoms with E-state index in [4.69, 9.17) is 14.0 Å². The normalized spacial score (nSPS) is 21.6. The first-order valence-electron chi connectivity index (χ1n) is 14.9. The van der Waals surface area contributed by atoms with Crippen molar-refractivity contribution in [2.45, 2.75) is 111 Å². The van der Waals surface area contributed by atoms with Crippen LogP contribution in [0.1, 0.15) is 93.1 Å². The number of carbonyl (C=O) groups is 4. The van der Waals surface area contributed by atoms with Crippen molar-refractivity contribution in [1.82, 2.24) is 5.32 Å². The highest BCUT2D eigenvalue weighted by atomic mass is 31.2. The van der Waals surface area contributed by atoms with Gasteiger partial charge in [0.05, 0.1) is 12.0 Å². The molecule has 1 aliphatic heterocycles. The van der Waals surface area contributed by atoms with Gasteiger partial charge in [-0.2, -0.15) is 0 Å². The number of carbonyl (C=O) groups excluding carboxylic acids is 4. The van der Waals surface area contributed by atoms with Crippen molar-refractivity contribution in [3.8, 4) is 0 Å². The Morgan fingerprint density at radius 2 is 1.65 bits per heavy atom. The van der Waals surface area contributed by atoms with Gasteiger partial charge in [-0.25, -0.2) is 0 Å². The zero-order chi connectivity index (χ0) is 32.4. The molecule has 240 valence electrons. The summed E-state index contributed by atoms with van der Waals surface area (Å²) in [5, 5.41) is 0.620. The largest absolute Gasteiger partial charge is 0.459 e. The number of ether oxygens (including phenoxy) is 2. The maximum atomic E-state index is 14.4. The van der Waals surface area contributed by atoms with Crippen molar-refractivity contribution < 1.29 is 42.6 Å². The van der Waals surface area contributed by atoms with Gasteiger partial charge in [-0.05, 0) is 92.7 Å². The first kappa shape index (κ1) is 34.7. The number of anilines is 1. The summed E-state index contributed by atoms with van der Waals surface area (Å²) < 4.78 is 30.4. The molecule has 43 heavy (non-hydrogen) atoms. The van der Waals surface area contributed by atoms with E-state index in [1.165, 1.54) is 18.7 Å². The van der Waals surface area contributed by atoms with E-state index in [0.717, 1.165) is 5.56 Å². The molecule has 0 saturated heterocycles. The zero-order valence-electron chi connectivity index (χ0n) is 26.7. The molecule has 11 nitrogen and oxygen atoms in total. The SMILES string of the molecule is CCOP(=O)(O)C(C)(OC(=O)C(C)(C)C)C1(C(=O)N[C@H]2CCc3ccccc3N(CC(=O)OC(C)(C)C)C2=O)CCCC1. The molecule has 3 atom stereocenters. The molecule has 3 rings (SSSR count). The van der Waals surface area contributed by atoms with Crippen LogP contribution in [0.15, 0.2) is 24.3 Å². The van der Waals surface area contributed by atoms with Crippen LogP contribution in [0.2, 0.25) is 0 Å². The molecule has 1 fully saturated rings. The van der Waals surface area contributed by atoms with Gasteiger partial charge in [0, 0.05) is 5.69 Å². The Labute approximate surface area is 254 Å². The van der Waals surface area contributed by atoms with E-state index >= 15 is 0 Å². The quantitative estimate of drug-likeness (QED) is 0.290. The van der Waals surface area contributed by atoms with E-state index in [0.29, 0.717) is 24.9 Å². The Morgan fingerprint density at radius 3 is 2.21 bits per heavy atom. The van der Waals surface area contributed by atoms with Gasteiger partial charge in [-0.15, -0.1) is 0 Å². The van der Waals surface area contributed by atoms with Gasteiger partial charge in [-0.3, -0.25) is 28.6 Å². The number of rotatable bonds is 9. The highest BCUT2D eigenvalue weighted by Gasteiger charge is 2.67. The zero-order valence-corrected chi connectivity index (χ0v) is 27.5. The van der Waals surface area contributed by atoms with Gasteiger partial charge >= 0.3 is 19.5 Å². The molecule has 0 radical (unpaired) electrons. The number of nitrogens with one attached hydrogen (secondary N) is 1. The van der Waals surface area contributed by atoms with Gasteiger partial charge in [-0.1, -0.05) is 31.0 Å². The van der Waals surface area contributed by atoms with Crippen LogP contribution < -0.4 is 10.2 Å². The molecular weight excluding hydrogens is 575 g/mol. The molecule has 2 unspecified atom stereocenters. The molecule has 12 heteroatoms. The van der Waals surface area contributed by atoms with E-state index in [1.54, 1.807) is 53.7 Å². The fourth-order valence-corrected chi connectivity index (χ4v) is 7.41. The van der Waals surface area contributed by atoms with Crippen LogP contribution in [0.25, 0.3) is 0 Å². The van der Waals surface area contributed by atoms with E-state index in [1.807, 2.05) is 12.1 Å². The monoisotopic (exact) mass is 622 g/mol. The minimum absolute atomic E-state index is 0.146. The topological polar surface area (TPSA) is 149 Å². The second-order valence-corrected chi connectivity index (χ2v) is 15.7. The van der Waals surface area contributed by atoms with Crippen LogP contribution >= 0.6 is 7.60 Å². The van der Waals surface area contributed by atoms with Crippen LogP contribution in [0.5, 0.6) is 0 Å². The van der Waals surface area contributed by atoms with Crippen LogP contribution in [0.4, 0.5) is 5.69 Å². The highest BCUT2D eigenvalue weighted by Crippen LogP contribution is 2.67. The minimum Gasteiger partial charge on any atom is -0.459 e. The molecular formula is C31H47N2O9P. The number of para-hydroxylation sites is 1. The summed E-state index contributed by atoms with van der Waals surface area (Å²) in [6.07, 6.45) is 2.02. The molecule has 2 amide bonds. The van der Waals surface area contributed by atoms with Crippen molar-refractivity contribution in [2.24, 2.45) is 10.8 Å². The van der Waals surface area contributed by atoms with Crippen molar-refractivity contribution in [1.29, 1.82) is 0 Å². The van der Waals surface area contributed by atoms with Crippen LogP contribution in [0.3, 0.4) is 0 Å². The van der Waals surface area contributed by atoms with Gasteiger partial charge in [0.2, 0.25) is 17.2 Å². The summed E-state index contributed by atoms with van der Waals surface area (Å²) in [4.78, 5) is 66.9. The number of fused-ring (bicyclic) bond motifs is 1. The van der Waals surface area contributed by atoms with Gasteiger partial charge in [0.15, 0.2) is 0 Å². The Balaban J connectivity index is 2.02. The average Bonchev–Trinajstić information content (AvgIpc) is 3.35. The molecule has 1 heterocycles. The maximum Gasteiger partial charge on any atom is 0.372 e. The molecule has 2 aliphatic rings. The summed E-state index contributed by atoms with van der Waals surface area (Å²) in [5.74, 6) is -2.55. The molecule has 0 aromatic heterocycles. The van der Waals surface area contributed by atoms with E-state index in [2.05, 4.69) is 5.32 Å². The molecule has 1 aromatic carbocycles. The lowest BCUT2D eigenvalue weighted by Gasteiger charge is -2.46. The molecule has 2 N–H and O–H groups in total. The predicted octanol–water partition coefficient (Wildman–Crippen LogP) is 4.88. The average molecular weight is 623 g/mol. The lowest BCUT2D eigenvalue weighted by Crippen LogP contribution is -2.60. The van der Waals surface area contributed by atoms with Crippen molar-refractivity contribution in [3.05, 3.63) is 29.8 Å². The Hall–Kier alpha value is -2.75. The van der Waals surface area contributed by atoms with Crippen molar-refractivity contribution >= 4 is 37.0 Å². The van der Waals surface area contributed by atoms with Gasteiger partial charge in [0.1, 0.15) is 23.6 Å². The lowest BCUT2D eigenvalue weighted by atomic mass is 9.78. The summed E-state index contributed by atoms with van der Waals surface area (Å²) in [6.45, 7) is 12.4. The summed E-state index contributed by atoms with van der Waals surface area (Å²) in [7, 11) is -4.74. The summed E-state index contributed by atoms with van der Waals surface area (Å²) in [5.41, 5.74) is -2.07. The third-order valence-electron chi connectivity index (χ3n) is 8.09. The molecule has 1 aromatic rings. The second kappa shape index (κ2) is 12.7. The number of benzene rings is 1. The third kappa shape index (κ3) is 7.32. The maximum absolute atomic E-state index is 14.4. The van der Waals surface area contributed by atoms with Gasteiger partial charge in [0.25, 0.3) is 0 Å². The Kier molecular flexibility index (Phi) is 10.3. The van der Waals surface area contributed by atoms with Gasteiger partial charge < -0.3 is 24.2 Å². The van der Waals surface area contributed by atoms with Crippen LogP contribution in [-0.2, 0) is 44.2 Å². The standard InChI is InChI=1S/C31H47N2O9P/c1-9-40-43(38,39)30(8,42-27(37)28(2,3)4)31(18-12-13-19-31)26(36)32-22-17-16-21-14-10-11-15-23(21)33(25(22)35)20-24(34)41-29(5,6)7/h10-11,14-15,22H,9,12-13,16-20H2,1-8H3,(H,32,36)(H,38,39)/t22-,30?/m0/s1. The fourth-order valence-electron chi connectivity index (χ4n) is 5.75. The molecule has 0 bridgehead atoms. The van der Waals surface area contributed by atoms with Crippen molar-refractivity contribution in [2.75, 3.05) is 18.1 Å². The second-order valence-electron chi connectivity index (χ2n) is 13.6. The smallest absolute Gasteiger partial charge is 0.372 e. The summed E-state index contributed by atoms with van der Waals surface area (Å²) >= 11 is 0. The molecule has 1 saturated carbocycles. The van der Waals surface area contributed by atoms with Crippen LogP contribution in [0, 0.1) is 10.8 Å². The van der Waals surface area contributed by atoms with Crippen molar-refractivity contribution in [3.63, 3.8) is 0 Å². The Bertz CT molecular complexity index is 1280.